The van der Waals surface area contributed by atoms with Crippen LogP contribution in [0, 0.1) is 0 Å². The van der Waals surface area contributed by atoms with Crippen molar-refractivity contribution in [2.75, 3.05) is 10.6 Å². The van der Waals surface area contributed by atoms with E-state index in [4.69, 9.17) is 0 Å². The fourth-order valence-electron chi connectivity index (χ4n) is 2.89. The minimum atomic E-state index is -4.66. The first-order valence-electron chi connectivity index (χ1n) is 9.49. The maximum Gasteiger partial charge on any atom is 0.433 e. The van der Waals surface area contributed by atoms with Gasteiger partial charge >= 0.3 is 6.18 Å². The maximum atomic E-state index is 13.4. The fraction of sp³-hybridized carbons (Fsp3) is 0.0435. The molecule has 0 saturated heterocycles. The zero-order valence-electron chi connectivity index (χ0n) is 16.5. The summed E-state index contributed by atoms with van der Waals surface area (Å²) in [5.74, 6) is -0.533. The first-order chi connectivity index (χ1) is 15.4. The summed E-state index contributed by atoms with van der Waals surface area (Å²) < 4.78 is 40.2. The minimum absolute atomic E-state index is 0.0632. The Morgan fingerprint density at radius 3 is 2.34 bits per heavy atom. The number of para-hydroxylation sites is 1. The van der Waals surface area contributed by atoms with E-state index in [1.54, 1.807) is 54.6 Å². The van der Waals surface area contributed by atoms with Gasteiger partial charge in [-0.25, -0.2) is 9.97 Å². The molecule has 0 radical (unpaired) electrons. The summed E-state index contributed by atoms with van der Waals surface area (Å²) in [5, 5.41) is 5.60. The Morgan fingerprint density at radius 2 is 1.62 bits per heavy atom. The molecule has 0 atom stereocenters. The normalized spacial score (nSPS) is 11.1. The number of pyridine rings is 1. The molecule has 0 fully saturated rings. The molecule has 2 N–H and O–H groups in total. The Kier molecular flexibility index (Phi) is 5.80. The van der Waals surface area contributed by atoms with Crippen molar-refractivity contribution in [2.24, 2.45) is 0 Å². The molecule has 0 aliphatic carbocycles. The predicted octanol–water partition coefficient (Wildman–Crippen LogP) is 5.55. The third-order valence-corrected chi connectivity index (χ3v) is 4.37. The van der Waals surface area contributed by atoms with Crippen LogP contribution in [-0.2, 0) is 6.18 Å². The number of aromatic nitrogens is 3. The second-order valence-electron chi connectivity index (χ2n) is 6.73. The smallest absolute Gasteiger partial charge is 0.340 e. The maximum absolute atomic E-state index is 13.4. The van der Waals surface area contributed by atoms with Gasteiger partial charge in [-0.15, -0.1) is 0 Å². The van der Waals surface area contributed by atoms with E-state index in [-0.39, 0.29) is 17.5 Å². The minimum Gasteiger partial charge on any atom is -0.340 e. The molecule has 4 aromatic rings. The summed E-state index contributed by atoms with van der Waals surface area (Å²) in [6, 6.07) is 19.3. The van der Waals surface area contributed by atoms with Crippen molar-refractivity contribution in [1.82, 2.24) is 15.0 Å². The number of carbonyl (C=O) groups excluding carboxylic acids is 1. The number of amides is 1. The molecular formula is C23H16F3N5O. The SMILES string of the molecule is O=C(Nc1ccccc1)c1cccc(Nc2cc(C(F)(F)F)nc(-c3cccnc3)n2)c1. The van der Waals surface area contributed by atoms with Crippen molar-refractivity contribution in [3.05, 3.63) is 96.4 Å². The first kappa shape index (κ1) is 21.0. The Labute approximate surface area is 181 Å². The second kappa shape index (κ2) is 8.84. The molecule has 6 nitrogen and oxygen atoms in total. The lowest BCUT2D eigenvalue weighted by Crippen LogP contribution is -2.12. The van der Waals surface area contributed by atoms with E-state index in [2.05, 4.69) is 25.6 Å². The molecule has 0 bridgehead atoms. The van der Waals surface area contributed by atoms with E-state index in [0.717, 1.165) is 6.07 Å². The average molecular weight is 435 g/mol. The monoisotopic (exact) mass is 435 g/mol. The van der Waals surface area contributed by atoms with E-state index >= 15 is 0 Å². The number of nitrogens with one attached hydrogen (secondary N) is 2. The fourth-order valence-corrected chi connectivity index (χ4v) is 2.89. The zero-order valence-corrected chi connectivity index (χ0v) is 16.5. The zero-order chi connectivity index (χ0) is 22.6. The number of nitrogens with zero attached hydrogens (tertiary/aromatic N) is 3. The molecule has 2 heterocycles. The lowest BCUT2D eigenvalue weighted by Gasteiger charge is -2.13. The molecule has 160 valence electrons. The quantitative estimate of drug-likeness (QED) is 0.429. The molecule has 0 unspecified atom stereocenters. The standard InChI is InChI=1S/C23H16F3N5O/c24-23(25,26)19-13-20(31-21(30-19)16-7-5-11-27-14-16)28-18-10-4-6-15(12-18)22(32)29-17-8-2-1-3-9-17/h1-14H,(H,29,32)(H,28,30,31). The van der Waals surface area contributed by atoms with Crippen LogP contribution in [-0.4, -0.2) is 20.9 Å². The molecule has 9 heteroatoms. The van der Waals surface area contributed by atoms with Crippen molar-refractivity contribution in [1.29, 1.82) is 0 Å². The molecule has 0 saturated carbocycles. The van der Waals surface area contributed by atoms with Crippen LogP contribution in [0.5, 0.6) is 0 Å². The number of alkyl halides is 3. The van der Waals surface area contributed by atoms with Gasteiger partial charge in [0.1, 0.15) is 5.82 Å². The molecule has 0 spiro atoms. The number of hydrogen-bond donors (Lipinski definition) is 2. The molecule has 32 heavy (non-hydrogen) atoms. The van der Waals surface area contributed by atoms with Gasteiger partial charge in [-0.1, -0.05) is 24.3 Å². The van der Waals surface area contributed by atoms with Crippen LogP contribution in [0.25, 0.3) is 11.4 Å². The van der Waals surface area contributed by atoms with Crippen molar-refractivity contribution in [3.8, 4) is 11.4 Å². The predicted molar refractivity (Wildman–Crippen MR) is 114 cm³/mol. The van der Waals surface area contributed by atoms with Crippen LogP contribution < -0.4 is 10.6 Å². The molecule has 0 aliphatic rings. The van der Waals surface area contributed by atoms with Crippen molar-refractivity contribution in [2.45, 2.75) is 6.18 Å². The number of hydrogen-bond acceptors (Lipinski definition) is 5. The second-order valence-corrected chi connectivity index (χ2v) is 6.73. The third-order valence-electron chi connectivity index (χ3n) is 4.37. The van der Waals surface area contributed by atoms with Crippen LogP contribution in [0.4, 0.5) is 30.4 Å². The number of anilines is 3. The lowest BCUT2D eigenvalue weighted by molar-refractivity contribution is -0.141. The van der Waals surface area contributed by atoms with E-state index in [9.17, 15) is 18.0 Å². The van der Waals surface area contributed by atoms with Crippen LogP contribution in [0.3, 0.4) is 0 Å². The van der Waals surface area contributed by atoms with Crippen LogP contribution in [0.15, 0.2) is 85.2 Å². The summed E-state index contributed by atoms with van der Waals surface area (Å²) in [7, 11) is 0. The highest BCUT2D eigenvalue weighted by atomic mass is 19.4. The molecule has 4 rings (SSSR count). The number of carbonyl (C=O) groups is 1. The van der Waals surface area contributed by atoms with E-state index < -0.39 is 11.9 Å². The summed E-state index contributed by atoms with van der Waals surface area (Å²) >= 11 is 0. The summed E-state index contributed by atoms with van der Waals surface area (Å²) in [6.45, 7) is 0. The van der Waals surface area contributed by atoms with Gasteiger partial charge in [-0.05, 0) is 42.5 Å². The molecule has 0 aliphatic heterocycles. The van der Waals surface area contributed by atoms with Gasteiger partial charge in [0.05, 0.1) is 0 Å². The highest BCUT2D eigenvalue weighted by Crippen LogP contribution is 2.31. The Hall–Kier alpha value is -4.27. The van der Waals surface area contributed by atoms with E-state index in [1.165, 1.54) is 18.5 Å². The van der Waals surface area contributed by atoms with Gasteiger partial charge in [0.15, 0.2) is 11.5 Å². The van der Waals surface area contributed by atoms with Crippen molar-refractivity contribution >= 4 is 23.1 Å². The van der Waals surface area contributed by atoms with Crippen LogP contribution in [0.1, 0.15) is 16.1 Å². The van der Waals surface area contributed by atoms with Gasteiger partial charge in [0, 0.05) is 41.0 Å². The highest BCUT2D eigenvalue weighted by molar-refractivity contribution is 6.04. The summed E-state index contributed by atoms with van der Waals surface area (Å²) in [6.07, 6.45) is -1.77. The number of halogens is 3. The Balaban J connectivity index is 1.62. The van der Waals surface area contributed by atoms with E-state index in [1.807, 2.05) is 6.07 Å². The van der Waals surface area contributed by atoms with Crippen LogP contribution >= 0.6 is 0 Å². The number of benzene rings is 2. The largest absolute Gasteiger partial charge is 0.433 e. The molecule has 1 amide bonds. The molecular weight excluding hydrogens is 419 g/mol. The molecule has 2 aromatic heterocycles. The topological polar surface area (TPSA) is 79.8 Å². The molecule has 2 aromatic carbocycles. The van der Waals surface area contributed by atoms with Crippen molar-refractivity contribution in [3.63, 3.8) is 0 Å². The summed E-state index contributed by atoms with van der Waals surface area (Å²) in [4.78, 5) is 24.2. The van der Waals surface area contributed by atoms with Gasteiger partial charge in [-0.3, -0.25) is 9.78 Å². The lowest BCUT2D eigenvalue weighted by atomic mass is 10.1. The van der Waals surface area contributed by atoms with Gasteiger partial charge in [0.25, 0.3) is 5.91 Å². The summed E-state index contributed by atoms with van der Waals surface area (Å²) in [5.41, 5.74) is 0.609. The Morgan fingerprint density at radius 1 is 0.844 bits per heavy atom. The average Bonchev–Trinajstić information content (AvgIpc) is 2.80. The first-order valence-corrected chi connectivity index (χ1v) is 9.49. The van der Waals surface area contributed by atoms with Gasteiger partial charge < -0.3 is 10.6 Å². The van der Waals surface area contributed by atoms with E-state index in [0.29, 0.717) is 22.5 Å². The number of rotatable bonds is 5. The van der Waals surface area contributed by atoms with Gasteiger partial charge in [-0.2, -0.15) is 13.2 Å². The highest BCUT2D eigenvalue weighted by Gasteiger charge is 2.34. The van der Waals surface area contributed by atoms with Gasteiger partial charge in [0.2, 0.25) is 0 Å². The third kappa shape index (κ3) is 5.07. The Bertz CT molecular complexity index is 1230. The van der Waals surface area contributed by atoms with Crippen molar-refractivity contribution < 1.29 is 18.0 Å². The van der Waals surface area contributed by atoms with Crippen LogP contribution in [0.2, 0.25) is 0 Å².